The Morgan fingerprint density at radius 2 is 1.47 bits per heavy atom. The molecular weight excluding hydrogens is 296 g/mol. The van der Waals surface area contributed by atoms with Crippen LogP contribution in [0.25, 0.3) is 0 Å². The number of allylic oxidation sites excluding steroid dienone is 3. The summed E-state index contributed by atoms with van der Waals surface area (Å²) in [5.41, 5.74) is 3.19. The normalized spacial score (nSPS) is 10.6. The van der Waals surface area contributed by atoms with E-state index >= 15 is 0 Å². The van der Waals surface area contributed by atoms with Crippen LogP contribution in [0.1, 0.15) is 77.6 Å². The van der Waals surface area contributed by atoms with Gasteiger partial charge in [-0.15, -0.1) is 5.73 Å². The molecule has 0 unspecified atom stereocenters. The molecular formula is C18H31Br. The van der Waals surface area contributed by atoms with Crippen LogP contribution >= 0.6 is 15.9 Å². The van der Waals surface area contributed by atoms with Gasteiger partial charge in [0.2, 0.25) is 0 Å². The van der Waals surface area contributed by atoms with Gasteiger partial charge in [-0.2, -0.15) is 0 Å². The van der Waals surface area contributed by atoms with Crippen LogP contribution in [0.15, 0.2) is 30.0 Å². The third-order valence-electron chi connectivity index (χ3n) is 3.13. The molecule has 0 fully saturated rings. The SMILES string of the molecule is CCCCCCCCCCC=CCC=C=CCCBr. The minimum atomic E-state index is 1.02. The van der Waals surface area contributed by atoms with Crippen molar-refractivity contribution in [2.75, 3.05) is 5.33 Å². The topological polar surface area (TPSA) is 0 Å². The van der Waals surface area contributed by atoms with Crippen molar-refractivity contribution < 1.29 is 0 Å². The average Bonchev–Trinajstić information content (AvgIpc) is 2.43. The van der Waals surface area contributed by atoms with E-state index < -0.39 is 0 Å². The second-order valence-electron chi connectivity index (χ2n) is 5.02. The van der Waals surface area contributed by atoms with Gasteiger partial charge in [0, 0.05) is 5.33 Å². The minimum Gasteiger partial charge on any atom is -0.129 e. The molecule has 0 amide bonds. The highest BCUT2D eigenvalue weighted by atomic mass is 79.9. The standard InChI is InChI=1S/C18H31Br/c1-2-3-4-5-6-7-8-9-10-11-12-13-14-15-16-17-18-19/h11-12,14,16H,2-10,13,17-18H2,1H3. The molecule has 0 radical (unpaired) electrons. The summed E-state index contributed by atoms with van der Waals surface area (Å²) < 4.78 is 0. The van der Waals surface area contributed by atoms with Crippen molar-refractivity contribution in [1.29, 1.82) is 0 Å². The summed E-state index contributed by atoms with van der Waals surface area (Å²) in [6.45, 7) is 2.28. The Balaban J connectivity index is 3.19. The van der Waals surface area contributed by atoms with Gasteiger partial charge >= 0.3 is 0 Å². The van der Waals surface area contributed by atoms with Crippen LogP contribution in [-0.2, 0) is 0 Å². The molecule has 0 aromatic heterocycles. The summed E-state index contributed by atoms with van der Waals surface area (Å²) >= 11 is 3.39. The Hall–Kier alpha value is -0.260. The number of hydrogen-bond donors (Lipinski definition) is 0. The zero-order valence-electron chi connectivity index (χ0n) is 12.7. The summed E-state index contributed by atoms with van der Waals surface area (Å²) in [6, 6.07) is 0. The van der Waals surface area contributed by atoms with Gasteiger partial charge in [0.1, 0.15) is 0 Å². The molecule has 0 N–H and O–H groups in total. The fourth-order valence-electron chi connectivity index (χ4n) is 1.97. The predicted molar refractivity (Wildman–Crippen MR) is 92.0 cm³/mol. The first kappa shape index (κ1) is 18.7. The van der Waals surface area contributed by atoms with Crippen LogP contribution in [0.4, 0.5) is 0 Å². The fraction of sp³-hybridized carbons (Fsp3) is 0.722. The zero-order valence-corrected chi connectivity index (χ0v) is 14.3. The Labute approximate surface area is 129 Å². The molecule has 0 aliphatic rings. The van der Waals surface area contributed by atoms with Crippen molar-refractivity contribution in [2.24, 2.45) is 0 Å². The van der Waals surface area contributed by atoms with Crippen molar-refractivity contribution in [3.63, 3.8) is 0 Å². The van der Waals surface area contributed by atoms with Gasteiger partial charge < -0.3 is 0 Å². The van der Waals surface area contributed by atoms with Crippen molar-refractivity contribution in [3.05, 3.63) is 30.0 Å². The maximum Gasteiger partial charge on any atom is 0.00719 e. The largest absolute Gasteiger partial charge is 0.129 e. The average molecular weight is 327 g/mol. The van der Waals surface area contributed by atoms with Gasteiger partial charge in [-0.1, -0.05) is 80.0 Å². The van der Waals surface area contributed by atoms with E-state index in [0.717, 1.165) is 18.2 Å². The highest BCUT2D eigenvalue weighted by Crippen LogP contribution is 2.09. The molecule has 1 heteroatoms. The Bertz CT molecular complexity index is 246. The quantitative estimate of drug-likeness (QED) is 0.148. The molecule has 0 saturated heterocycles. The van der Waals surface area contributed by atoms with E-state index in [9.17, 15) is 0 Å². The number of unbranched alkanes of at least 4 members (excludes halogenated alkanes) is 8. The molecule has 0 rings (SSSR count). The molecule has 110 valence electrons. The lowest BCUT2D eigenvalue weighted by Crippen LogP contribution is -1.79. The molecule has 0 atom stereocenters. The van der Waals surface area contributed by atoms with Gasteiger partial charge in [0.15, 0.2) is 0 Å². The lowest BCUT2D eigenvalue weighted by Gasteiger charge is -1.99. The van der Waals surface area contributed by atoms with Crippen LogP contribution in [0, 0.1) is 0 Å². The first-order valence-corrected chi connectivity index (χ1v) is 9.14. The summed E-state index contributed by atoms with van der Waals surface area (Å²) in [7, 11) is 0. The predicted octanol–water partition coefficient (Wildman–Crippen LogP) is 6.96. The smallest absolute Gasteiger partial charge is 0.00719 e. The molecule has 0 aromatic carbocycles. The lowest BCUT2D eigenvalue weighted by molar-refractivity contribution is 0.577. The van der Waals surface area contributed by atoms with Gasteiger partial charge in [-0.05, 0) is 37.8 Å². The summed E-state index contributed by atoms with van der Waals surface area (Å²) in [5.74, 6) is 0. The highest BCUT2D eigenvalue weighted by molar-refractivity contribution is 9.09. The van der Waals surface area contributed by atoms with Gasteiger partial charge in [0.05, 0.1) is 0 Å². The van der Waals surface area contributed by atoms with Gasteiger partial charge in [0.25, 0.3) is 0 Å². The molecule has 0 heterocycles. The van der Waals surface area contributed by atoms with E-state index in [1.165, 1.54) is 57.8 Å². The van der Waals surface area contributed by atoms with Crippen LogP contribution in [-0.4, -0.2) is 5.33 Å². The fourth-order valence-corrected chi connectivity index (χ4v) is 2.20. The molecule has 0 nitrogen and oxygen atoms in total. The Kier molecular flexibility index (Phi) is 17.5. The second kappa shape index (κ2) is 17.7. The molecule has 0 bridgehead atoms. The van der Waals surface area contributed by atoms with Crippen LogP contribution in [0.3, 0.4) is 0 Å². The highest BCUT2D eigenvalue weighted by Gasteiger charge is 1.90. The summed E-state index contributed by atoms with van der Waals surface area (Å²) in [4.78, 5) is 0. The number of rotatable bonds is 13. The first-order valence-electron chi connectivity index (χ1n) is 8.02. The van der Waals surface area contributed by atoms with Crippen molar-refractivity contribution in [1.82, 2.24) is 0 Å². The van der Waals surface area contributed by atoms with Gasteiger partial charge in [-0.3, -0.25) is 0 Å². The van der Waals surface area contributed by atoms with E-state index in [1.54, 1.807) is 0 Å². The first-order chi connectivity index (χ1) is 9.41. The molecule has 0 saturated carbocycles. The maximum atomic E-state index is 3.39. The zero-order chi connectivity index (χ0) is 14.0. The molecule has 0 spiro atoms. The molecule has 0 aliphatic heterocycles. The van der Waals surface area contributed by atoms with Crippen LogP contribution < -0.4 is 0 Å². The van der Waals surface area contributed by atoms with E-state index in [0.29, 0.717) is 0 Å². The minimum absolute atomic E-state index is 1.02. The van der Waals surface area contributed by atoms with E-state index in [4.69, 9.17) is 0 Å². The van der Waals surface area contributed by atoms with E-state index in [1.807, 2.05) is 0 Å². The Morgan fingerprint density at radius 1 is 0.789 bits per heavy atom. The summed E-state index contributed by atoms with van der Waals surface area (Å²) in [6.07, 6.45) is 23.4. The monoisotopic (exact) mass is 326 g/mol. The second-order valence-corrected chi connectivity index (χ2v) is 5.82. The summed E-state index contributed by atoms with van der Waals surface area (Å²) in [5, 5.41) is 1.03. The van der Waals surface area contributed by atoms with Crippen molar-refractivity contribution in [3.8, 4) is 0 Å². The van der Waals surface area contributed by atoms with Gasteiger partial charge in [-0.25, -0.2) is 0 Å². The third-order valence-corrected chi connectivity index (χ3v) is 3.59. The third kappa shape index (κ3) is 17.7. The van der Waals surface area contributed by atoms with E-state index in [-0.39, 0.29) is 0 Å². The van der Waals surface area contributed by atoms with Crippen molar-refractivity contribution in [2.45, 2.75) is 77.6 Å². The molecule has 19 heavy (non-hydrogen) atoms. The number of halogens is 1. The lowest BCUT2D eigenvalue weighted by atomic mass is 10.1. The number of alkyl halides is 1. The van der Waals surface area contributed by atoms with Crippen molar-refractivity contribution >= 4 is 15.9 Å². The maximum absolute atomic E-state index is 3.39. The van der Waals surface area contributed by atoms with E-state index in [2.05, 4.69) is 52.9 Å². The Morgan fingerprint density at radius 3 is 2.16 bits per heavy atom. The van der Waals surface area contributed by atoms with Crippen LogP contribution in [0.5, 0.6) is 0 Å². The number of hydrogen-bond acceptors (Lipinski definition) is 0. The molecule has 0 aliphatic carbocycles. The van der Waals surface area contributed by atoms with Crippen LogP contribution in [0.2, 0.25) is 0 Å². The molecule has 0 aromatic rings.